The van der Waals surface area contributed by atoms with E-state index < -0.39 is 0 Å². The quantitative estimate of drug-likeness (QED) is 0.863. The molecule has 0 saturated carbocycles. The van der Waals surface area contributed by atoms with Gasteiger partial charge in [0, 0.05) is 64.3 Å². The van der Waals surface area contributed by atoms with Crippen molar-refractivity contribution >= 4 is 11.9 Å². The molecular weight excluding hydrogens is 344 g/mol. The van der Waals surface area contributed by atoms with Gasteiger partial charge in [0.05, 0.1) is 11.3 Å². The number of likely N-dealkylation sites (tertiary alicyclic amines) is 1. The molecule has 144 valence electrons. The highest BCUT2D eigenvalue weighted by Crippen LogP contribution is 2.45. The third-order valence-corrected chi connectivity index (χ3v) is 6.16. The molecule has 1 N–H and O–H groups in total. The minimum atomic E-state index is 0.00864. The molecule has 0 radical (unpaired) electrons. The van der Waals surface area contributed by atoms with Crippen LogP contribution in [0.5, 0.6) is 0 Å². The van der Waals surface area contributed by atoms with Gasteiger partial charge >= 0.3 is 0 Å². The third kappa shape index (κ3) is 3.18. The van der Waals surface area contributed by atoms with E-state index in [9.17, 15) is 9.90 Å². The van der Waals surface area contributed by atoms with Crippen molar-refractivity contribution in [1.82, 2.24) is 24.6 Å². The summed E-state index contributed by atoms with van der Waals surface area (Å²) in [6.07, 6.45) is 7.05. The van der Waals surface area contributed by atoms with E-state index in [1.165, 1.54) is 0 Å². The van der Waals surface area contributed by atoms with Crippen LogP contribution in [0.2, 0.25) is 0 Å². The van der Waals surface area contributed by atoms with Crippen LogP contribution < -0.4 is 4.90 Å². The third-order valence-electron chi connectivity index (χ3n) is 6.16. The monoisotopic (exact) mass is 370 g/mol. The molecule has 2 saturated heterocycles. The Labute approximate surface area is 158 Å². The van der Waals surface area contributed by atoms with Gasteiger partial charge in [-0.2, -0.15) is 5.10 Å². The molecule has 1 spiro atoms. The average molecular weight is 370 g/mol. The number of hydrogen-bond acceptors (Lipinski definition) is 6. The van der Waals surface area contributed by atoms with Crippen LogP contribution in [-0.2, 0) is 7.05 Å². The number of aryl methyl sites for hydroxylation is 2. The van der Waals surface area contributed by atoms with Crippen molar-refractivity contribution < 1.29 is 9.90 Å². The molecule has 4 rings (SSSR count). The Morgan fingerprint density at radius 3 is 2.59 bits per heavy atom. The Kier molecular flexibility index (Phi) is 4.59. The zero-order chi connectivity index (χ0) is 19.0. The van der Waals surface area contributed by atoms with Crippen LogP contribution in [0.3, 0.4) is 0 Å². The molecule has 27 heavy (non-hydrogen) atoms. The number of hydrogen-bond donors (Lipinski definition) is 1. The van der Waals surface area contributed by atoms with Crippen molar-refractivity contribution in [2.75, 3.05) is 37.7 Å². The zero-order valence-electron chi connectivity index (χ0n) is 15.9. The van der Waals surface area contributed by atoms with E-state index in [1.807, 2.05) is 24.9 Å². The first-order valence-electron chi connectivity index (χ1n) is 9.45. The highest BCUT2D eigenvalue weighted by Gasteiger charge is 2.48. The fourth-order valence-electron chi connectivity index (χ4n) is 4.59. The predicted molar refractivity (Wildman–Crippen MR) is 100 cm³/mol. The molecule has 1 atom stereocenters. The number of carbonyl (C=O) groups excluding carboxylic acids is 1. The maximum absolute atomic E-state index is 12.9. The second-order valence-electron chi connectivity index (χ2n) is 7.77. The maximum Gasteiger partial charge on any atom is 0.257 e. The van der Waals surface area contributed by atoms with Crippen molar-refractivity contribution in [2.24, 2.45) is 18.4 Å². The molecule has 2 fully saturated rings. The van der Waals surface area contributed by atoms with Crippen LogP contribution in [0.4, 0.5) is 5.95 Å². The Hall–Kier alpha value is -2.48. The van der Waals surface area contributed by atoms with Crippen LogP contribution >= 0.6 is 0 Å². The molecule has 0 aliphatic carbocycles. The molecule has 2 aliphatic rings. The smallest absolute Gasteiger partial charge is 0.257 e. The summed E-state index contributed by atoms with van der Waals surface area (Å²) in [6.45, 7) is 5.01. The van der Waals surface area contributed by atoms with Crippen molar-refractivity contribution in [3.63, 3.8) is 0 Å². The standard InChI is InChI=1S/C19H26N6O2/c1-14-16(11-23(2)22-14)17(27)24-8-4-19(5-9-24)13-25(10-15(19)12-26)18-20-6-3-7-21-18/h3,6-7,11,15,26H,4-5,8-10,12-13H2,1-2H3. The van der Waals surface area contributed by atoms with Crippen molar-refractivity contribution in [3.05, 3.63) is 35.9 Å². The molecule has 8 heteroatoms. The number of piperidine rings is 1. The molecule has 2 aromatic rings. The van der Waals surface area contributed by atoms with E-state index >= 15 is 0 Å². The van der Waals surface area contributed by atoms with Gasteiger partial charge in [-0.15, -0.1) is 0 Å². The van der Waals surface area contributed by atoms with Gasteiger partial charge in [-0.25, -0.2) is 9.97 Å². The summed E-state index contributed by atoms with van der Waals surface area (Å²) >= 11 is 0. The number of nitrogens with zero attached hydrogens (tertiary/aromatic N) is 6. The fourth-order valence-corrected chi connectivity index (χ4v) is 4.59. The SMILES string of the molecule is Cc1nn(C)cc1C(=O)N1CCC2(CC1)CN(c1ncccn1)CC2CO. The lowest BCUT2D eigenvalue weighted by molar-refractivity contribution is 0.0415. The lowest BCUT2D eigenvalue weighted by atomic mass is 9.71. The molecular formula is C19H26N6O2. The first-order valence-corrected chi connectivity index (χ1v) is 9.45. The van der Waals surface area contributed by atoms with Gasteiger partial charge < -0.3 is 14.9 Å². The van der Waals surface area contributed by atoms with Crippen LogP contribution in [0, 0.1) is 18.3 Å². The molecule has 4 heterocycles. The molecule has 1 amide bonds. The van der Waals surface area contributed by atoms with E-state index in [4.69, 9.17) is 0 Å². The van der Waals surface area contributed by atoms with Crippen molar-refractivity contribution in [2.45, 2.75) is 19.8 Å². The van der Waals surface area contributed by atoms with Gasteiger partial charge in [-0.3, -0.25) is 9.48 Å². The Morgan fingerprint density at radius 2 is 2.00 bits per heavy atom. The number of carbonyl (C=O) groups is 1. The van der Waals surface area contributed by atoms with Gasteiger partial charge in [0.25, 0.3) is 5.91 Å². The first kappa shape index (κ1) is 17.9. The number of anilines is 1. The predicted octanol–water partition coefficient (Wildman–Crippen LogP) is 0.870. The number of aliphatic hydroxyl groups excluding tert-OH is 1. The van der Waals surface area contributed by atoms with E-state index in [-0.39, 0.29) is 23.8 Å². The van der Waals surface area contributed by atoms with Gasteiger partial charge in [0.2, 0.25) is 5.95 Å². The summed E-state index contributed by atoms with van der Waals surface area (Å²) in [5.74, 6) is 0.952. The average Bonchev–Trinajstić information content (AvgIpc) is 3.22. The van der Waals surface area contributed by atoms with Gasteiger partial charge in [-0.1, -0.05) is 0 Å². The summed E-state index contributed by atoms with van der Waals surface area (Å²) in [6, 6.07) is 1.81. The van der Waals surface area contributed by atoms with Crippen LogP contribution in [0.15, 0.2) is 24.7 Å². The Balaban J connectivity index is 1.47. The largest absolute Gasteiger partial charge is 0.396 e. The Morgan fingerprint density at radius 1 is 1.30 bits per heavy atom. The zero-order valence-corrected chi connectivity index (χ0v) is 15.9. The van der Waals surface area contributed by atoms with E-state index in [0.717, 1.165) is 37.6 Å². The lowest BCUT2D eigenvalue weighted by Gasteiger charge is -2.42. The second kappa shape index (κ2) is 6.92. The molecule has 2 aromatic heterocycles. The van der Waals surface area contributed by atoms with Gasteiger partial charge in [0.15, 0.2) is 0 Å². The topological polar surface area (TPSA) is 87.4 Å². The molecule has 0 bridgehead atoms. The van der Waals surface area contributed by atoms with Crippen molar-refractivity contribution in [1.29, 1.82) is 0 Å². The summed E-state index contributed by atoms with van der Waals surface area (Å²) in [5, 5.41) is 14.3. The summed E-state index contributed by atoms with van der Waals surface area (Å²) in [4.78, 5) is 25.7. The summed E-state index contributed by atoms with van der Waals surface area (Å²) < 4.78 is 1.69. The maximum atomic E-state index is 12.9. The van der Waals surface area contributed by atoms with Crippen LogP contribution in [-0.4, -0.2) is 68.4 Å². The van der Waals surface area contributed by atoms with Crippen LogP contribution in [0.25, 0.3) is 0 Å². The molecule has 0 aromatic carbocycles. The van der Waals surface area contributed by atoms with E-state index in [1.54, 1.807) is 23.3 Å². The highest BCUT2D eigenvalue weighted by atomic mass is 16.3. The summed E-state index contributed by atoms with van der Waals surface area (Å²) in [5.41, 5.74) is 1.46. The van der Waals surface area contributed by atoms with Crippen LogP contribution in [0.1, 0.15) is 28.9 Å². The number of amides is 1. The normalized spacial score (nSPS) is 21.8. The molecule has 1 unspecified atom stereocenters. The second-order valence-corrected chi connectivity index (χ2v) is 7.77. The molecule has 8 nitrogen and oxygen atoms in total. The highest BCUT2D eigenvalue weighted by molar-refractivity contribution is 5.95. The number of rotatable bonds is 3. The van der Waals surface area contributed by atoms with Crippen molar-refractivity contribution in [3.8, 4) is 0 Å². The van der Waals surface area contributed by atoms with Gasteiger partial charge in [-0.05, 0) is 31.2 Å². The minimum Gasteiger partial charge on any atom is -0.396 e. The fraction of sp³-hybridized carbons (Fsp3) is 0.579. The number of aromatic nitrogens is 4. The van der Waals surface area contributed by atoms with E-state index in [0.29, 0.717) is 18.7 Å². The Bertz CT molecular complexity index is 813. The number of aliphatic hydroxyl groups is 1. The lowest BCUT2D eigenvalue weighted by Crippen LogP contribution is -2.47. The summed E-state index contributed by atoms with van der Waals surface area (Å²) in [7, 11) is 1.83. The van der Waals surface area contributed by atoms with Gasteiger partial charge in [0.1, 0.15) is 0 Å². The minimum absolute atomic E-state index is 0.00864. The first-order chi connectivity index (χ1) is 13.0. The molecule has 2 aliphatic heterocycles. The van der Waals surface area contributed by atoms with E-state index in [2.05, 4.69) is 20.0 Å².